The fourth-order valence-corrected chi connectivity index (χ4v) is 4.17. The fourth-order valence-electron chi connectivity index (χ4n) is 3.24. The number of aromatic nitrogens is 1. The minimum absolute atomic E-state index is 0.219. The summed E-state index contributed by atoms with van der Waals surface area (Å²) in [6, 6.07) is 19.8. The van der Waals surface area contributed by atoms with Gasteiger partial charge in [0.15, 0.2) is 0 Å². The zero-order valence-electron chi connectivity index (χ0n) is 15.1. The first-order valence-electron chi connectivity index (χ1n) is 8.73. The third-order valence-corrected chi connectivity index (χ3v) is 5.89. The highest BCUT2D eigenvalue weighted by Crippen LogP contribution is 2.28. The molecule has 1 atom stereocenters. The molecule has 0 aliphatic heterocycles. The zero-order chi connectivity index (χ0) is 19.7. The van der Waals surface area contributed by atoms with Gasteiger partial charge in [0.2, 0.25) is 0 Å². The van der Waals surface area contributed by atoms with Crippen molar-refractivity contribution in [3.05, 3.63) is 103 Å². The number of amides is 1. The average molecular weight is 409 g/mol. The summed E-state index contributed by atoms with van der Waals surface area (Å²) in [6.07, 6.45) is 0. The van der Waals surface area contributed by atoms with Gasteiger partial charge in [-0.15, -0.1) is 11.3 Å². The van der Waals surface area contributed by atoms with E-state index in [9.17, 15) is 9.59 Å². The molecule has 0 spiro atoms. The first kappa shape index (κ1) is 18.5. The van der Waals surface area contributed by atoms with Crippen molar-refractivity contribution >= 4 is 39.7 Å². The SMILES string of the molecule is Cn1c(=O)cc(C(=O)NC(c2ccc(Cl)cc2)c2cccs2)c2ccccc21. The largest absolute Gasteiger partial charge is 0.340 e. The number of nitrogens with zero attached hydrogens (tertiary/aromatic N) is 1. The second-order valence-corrected chi connectivity index (χ2v) is 7.86. The van der Waals surface area contributed by atoms with Crippen LogP contribution in [0.15, 0.2) is 76.9 Å². The van der Waals surface area contributed by atoms with E-state index in [0.29, 0.717) is 10.6 Å². The number of hydrogen-bond donors (Lipinski definition) is 1. The molecular formula is C22H17ClN2O2S. The summed E-state index contributed by atoms with van der Waals surface area (Å²) < 4.78 is 1.54. The van der Waals surface area contributed by atoms with E-state index in [4.69, 9.17) is 11.6 Å². The fraction of sp³-hybridized carbons (Fsp3) is 0.0909. The highest BCUT2D eigenvalue weighted by molar-refractivity contribution is 7.10. The van der Waals surface area contributed by atoms with E-state index in [2.05, 4.69) is 5.32 Å². The predicted octanol–water partition coefficient (Wildman–Crippen LogP) is 4.77. The second-order valence-electron chi connectivity index (χ2n) is 6.45. The maximum absolute atomic E-state index is 13.2. The monoisotopic (exact) mass is 408 g/mol. The maximum Gasteiger partial charge on any atom is 0.252 e. The van der Waals surface area contributed by atoms with E-state index in [-0.39, 0.29) is 17.5 Å². The molecule has 1 unspecified atom stereocenters. The molecule has 0 radical (unpaired) electrons. The van der Waals surface area contributed by atoms with Crippen LogP contribution in [0, 0.1) is 0 Å². The Morgan fingerprint density at radius 2 is 1.82 bits per heavy atom. The molecule has 4 nitrogen and oxygen atoms in total. The first-order valence-corrected chi connectivity index (χ1v) is 9.99. The van der Waals surface area contributed by atoms with Crippen molar-refractivity contribution in [3.8, 4) is 0 Å². The summed E-state index contributed by atoms with van der Waals surface area (Å²) in [6.45, 7) is 0. The summed E-state index contributed by atoms with van der Waals surface area (Å²) in [5.74, 6) is -0.290. The molecular weight excluding hydrogens is 392 g/mol. The molecule has 2 aromatic heterocycles. The maximum atomic E-state index is 13.2. The lowest BCUT2D eigenvalue weighted by Gasteiger charge is -2.19. The van der Waals surface area contributed by atoms with E-state index in [1.807, 2.05) is 53.9 Å². The molecule has 0 bridgehead atoms. The third-order valence-electron chi connectivity index (χ3n) is 4.71. The number of para-hydroxylation sites is 1. The number of carbonyl (C=O) groups excluding carboxylic acids is 1. The molecule has 0 fully saturated rings. The Bertz CT molecular complexity index is 1200. The van der Waals surface area contributed by atoms with Gasteiger partial charge in [0.1, 0.15) is 0 Å². The number of halogens is 1. The lowest BCUT2D eigenvalue weighted by Crippen LogP contribution is -2.30. The topological polar surface area (TPSA) is 51.1 Å². The van der Waals surface area contributed by atoms with Crippen molar-refractivity contribution in [3.63, 3.8) is 0 Å². The molecule has 2 aromatic carbocycles. The highest BCUT2D eigenvalue weighted by Gasteiger charge is 2.21. The van der Waals surface area contributed by atoms with Gasteiger partial charge in [0.25, 0.3) is 11.5 Å². The van der Waals surface area contributed by atoms with E-state index in [1.54, 1.807) is 35.1 Å². The second kappa shape index (κ2) is 7.62. The Kier molecular flexibility index (Phi) is 5.03. The van der Waals surface area contributed by atoms with Crippen LogP contribution < -0.4 is 10.9 Å². The number of nitrogens with one attached hydrogen (secondary N) is 1. The number of aryl methyl sites for hydroxylation is 1. The molecule has 4 rings (SSSR count). The molecule has 1 amide bonds. The van der Waals surface area contributed by atoms with E-state index < -0.39 is 0 Å². The summed E-state index contributed by atoms with van der Waals surface area (Å²) in [5.41, 5.74) is 1.80. The van der Waals surface area contributed by atoms with Crippen LogP contribution in [0.2, 0.25) is 5.02 Å². The number of rotatable bonds is 4. The van der Waals surface area contributed by atoms with Gasteiger partial charge in [0.05, 0.1) is 17.1 Å². The lowest BCUT2D eigenvalue weighted by molar-refractivity contribution is 0.0945. The molecule has 0 saturated heterocycles. The molecule has 1 N–H and O–H groups in total. The molecule has 6 heteroatoms. The van der Waals surface area contributed by atoms with Crippen LogP contribution in [0.1, 0.15) is 26.8 Å². The molecule has 0 aliphatic rings. The number of hydrogen-bond acceptors (Lipinski definition) is 3. The van der Waals surface area contributed by atoms with E-state index in [0.717, 1.165) is 21.3 Å². The first-order chi connectivity index (χ1) is 13.5. The van der Waals surface area contributed by atoms with Crippen LogP contribution in [-0.2, 0) is 7.05 Å². The van der Waals surface area contributed by atoms with Crippen LogP contribution in [0.25, 0.3) is 10.9 Å². The number of fused-ring (bicyclic) bond motifs is 1. The number of benzene rings is 2. The third kappa shape index (κ3) is 3.46. The van der Waals surface area contributed by atoms with Crippen molar-refractivity contribution in [1.82, 2.24) is 9.88 Å². The van der Waals surface area contributed by atoms with Gasteiger partial charge in [-0.05, 0) is 35.2 Å². The summed E-state index contributed by atoms with van der Waals surface area (Å²) >= 11 is 7.58. The van der Waals surface area contributed by atoms with Crippen molar-refractivity contribution in [2.75, 3.05) is 0 Å². The van der Waals surface area contributed by atoms with Gasteiger partial charge in [0, 0.05) is 28.4 Å². The number of pyridine rings is 1. The smallest absolute Gasteiger partial charge is 0.252 e. The van der Waals surface area contributed by atoms with E-state index in [1.165, 1.54) is 6.07 Å². The van der Waals surface area contributed by atoms with Crippen LogP contribution in [-0.4, -0.2) is 10.5 Å². The quantitative estimate of drug-likeness (QED) is 0.528. The Morgan fingerprint density at radius 3 is 2.54 bits per heavy atom. The van der Waals surface area contributed by atoms with Gasteiger partial charge in [-0.2, -0.15) is 0 Å². The summed E-state index contributed by atoms with van der Waals surface area (Å²) in [7, 11) is 1.70. The normalized spacial score (nSPS) is 12.1. The summed E-state index contributed by atoms with van der Waals surface area (Å²) in [5, 5.41) is 6.44. The lowest BCUT2D eigenvalue weighted by atomic mass is 10.0. The minimum Gasteiger partial charge on any atom is -0.340 e. The van der Waals surface area contributed by atoms with Crippen molar-refractivity contribution < 1.29 is 4.79 Å². The Morgan fingerprint density at radius 1 is 1.07 bits per heavy atom. The molecule has 28 heavy (non-hydrogen) atoms. The van der Waals surface area contributed by atoms with Gasteiger partial charge in [-0.1, -0.05) is 48.0 Å². The van der Waals surface area contributed by atoms with Crippen LogP contribution in [0.4, 0.5) is 0 Å². The minimum atomic E-state index is -0.326. The Hall–Kier alpha value is -2.89. The van der Waals surface area contributed by atoms with Crippen molar-refractivity contribution in [1.29, 1.82) is 0 Å². The van der Waals surface area contributed by atoms with Crippen LogP contribution in [0.3, 0.4) is 0 Å². The highest BCUT2D eigenvalue weighted by atomic mass is 35.5. The Labute approximate surface area is 171 Å². The van der Waals surface area contributed by atoms with Crippen LogP contribution >= 0.6 is 22.9 Å². The molecule has 140 valence electrons. The standard InChI is InChI=1S/C22H17ClN2O2S/c1-25-18-6-3-2-5-16(18)17(13-20(25)26)22(27)24-21(19-7-4-12-28-19)14-8-10-15(23)11-9-14/h2-13,21H,1H3,(H,24,27). The molecule has 0 aliphatic carbocycles. The van der Waals surface area contributed by atoms with Crippen molar-refractivity contribution in [2.45, 2.75) is 6.04 Å². The van der Waals surface area contributed by atoms with Crippen molar-refractivity contribution in [2.24, 2.45) is 7.05 Å². The van der Waals surface area contributed by atoms with E-state index >= 15 is 0 Å². The molecule has 4 aromatic rings. The van der Waals surface area contributed by atoms with Gasteiger partial charge >= 0.3 is 0 Å². The number of carbonyl (C=O) groups is 1. The Balaban J connectivity index is 1.77. The molecule has 2 heterocycles. The van der Waals surface area contributed by atoms with Gasteiger partial charge in [-0.3, -0.25) is 9.59 Å². The van der Waals surface area contributed by atoms with Gasteiger partial charge < -0.3 is 9.88 Å². The van der Waals surface area contributed by atoms with Crippen LogP contribution in [0.5, 0.6) is 0 Å². The summed E-state index contributed by atoms with van der Waals surface area (Å²) in [4.78, 5) is 26.5. The van der Waals surface area contributed by atoms with Gasteiger partial charge in [-0.25, -0.2) is 0 Å². The number of thiophene rings is 1. The predicted molar refractivity (Wildman–Crippen MR) is 114 cm³/mol. The average Bonchev–Trinajstić information content (AvgIpc) is 3.24. The zero-order valence-corrected chi connectivity index (χ0v) is 16.6. The molecule has 0 saturated carbocycles.